The van der Waals surface area contributed by atoms with Crippen molar-refractivity contribution in [2.24, 2.45) is 11.7 Å². The Morgan fingerprint density at radius 1 is 1.24 bits per heavy atom. The summed E-state index contributed by atoms with van der Waals surface area (Å²) in [5, 5.41) is 13.3. The predicted molar refractivity (Wildman–Crippen MR) is 98.7 cm³/mol. The van der Waals surface area contributed by atoms with E-state index in [4.69, 9.17) is 15.0 Å². The van der Waals surface area contributed by atoms with E-state index in [1.165, 1.54) is 0 Å². The Kier molecular flexibility index (Phi) is 9.28. The number of nitrogens with zero attached hydrogens (tertiary/aromatic N) is 3. The van der Waals surface area contributed by atoms with Gasteiger partial charge in [-0.25, -0.2) is 0 Å². The lowest BCUT2D eigenvalue weighted by Gasteiger charge is -2.07. The molecule has 0 spiro atoms. The molecule has 0 aliphatic rings. The van der Waals surface area contributed by atoms with Crippen molar-refractivity contribution in [3.63, 3.8) is 0 Å². The van der Waals surface area contributed by atoms with E-state index in [-0.39, 0.29) is 12.4 Å². The van der Waals surface area contributed by atoms with Crippen LogP contribution in [-0.2, 0) is 6.42 Å². The van der Waals surface area contributed by atoms with E-state index in [0.717, 1.165) is 23.3 Å². The number of nitrogens with one attached hydrogen (secondary N) is 1. The second-order valence-corrected chi connectivity index (χ2v) is 5.56. The SMILES string of the molecule is CC(C)Cc1c(OCCN)noc1-c1ccccc1.Cl.c1c[nH]nn1. The number of halogens is 1. The number of benzene rings is 1. The summed E-state index contributed by atoms with van der Waals surface area (Å²) in [4.78, 5) is 0. The molecule has 3 N–H and O–H groups in total. The molecule has 0 fully saturated rings. The fourth-order valence-electron chi connectivity index (χ4n) is 2.13. The number of hydrogen-bond donors (Lipinski definition) is 2. The van der Waals surface area contributed by atoms with Crippen LogP contribution in [0.4, 0.5) is 0 Å². The largest absolute Gasteiger partial charge is 0.474 e. The van der Waals surface area contributed by atoms with Crippen molar-refractivity contribution in [3.05, 3.63) is 48.3 Å². The molecule has 136 valence electrons. The number of hydrogen-bond acceptors (Lipinski definition) is 6. The van der Waals surface area contributed by atoms with E-state index < -0.39 is 0 Å². The molecule has 2 aromatic heterocycles. The highest BCUT2D eigenvalue weighted by Gasteiger charge is 2.19. The van der Waals surface area contributed by atoms with Crippen molar-refractivity contribution in [3.8, 4) is 17.2 Å². The van der Waals surface area contributed by atoms with E-state index in [9.17, 15) is 0 Å². The third-order valence-electron chi connectivity index (χ3n) is 3.09. The van der Waals surface area contributed by atoms with Crippen molar-refractivity contribution in [2.75, 3.05) is 13.2 Å². The van der Waals surface area contributed by atoms with Gasteiger partial charge >= 0.3 is 0 Å². The maximum Gasteiger partial charge on any atom is 0.258 e. The number of ether oxygens (including phenoxy) is 1. The van der Waals surface area contributed by atoms with Gasteiger partial charge in [-0.05, 0) is 17.5 Å². The summed E-state index contributed by atoms with van der Waals surface area (Å²) in [6, 6.07) is 9.97. The monoisotopic (exact) mass is 365 g/mol. The van der Waals surface area contributed by atoms with E-state index in [1.54, 1.807) is 12.4 Å². The van der Waals surface area contributed by atoms with Crippen molar-refractivity contribution >= 4 is 12.4 Å². The lowest BCUT2D eigenvalue weighted by molar-refractivity contribution is 0.286. The molecule has 7 nitrogen and oxygen atoms in total. The molecule has 8 heteroatoms. The molecule has 0 bridgehead atoms. The Morgan fingerprint density at radius 3 is 2.52 bits per heavy atom. The fraction of sp³-hybridized carbons (Fsp3) is 0.353. The molecule has 0 aliphatic heterocycles. The zero-order valence-electron chi connectivity index (χ0n) is 14.4. The van der Waals surface area contributed by atoms with Gasteiger partial charge in [0.15, 0.2) is 5.76 Å². The predicted octanol–water partition coefficient (Wildman–Crippen LogP) is 3.10. The van der Waals surface area contributed by atoms with Gasteiger partial charge in [-0.15, -0.1) is 17.5 Å². The molecule has 0 amide bonds. The Hall–Kier alpha value is -2.38. The van der Waals surface area contributed by atoms with Crippen molar-refractivity contribution in [1.82, 2.24) is 20.6 Å². The molecular weight excluding hydrogens is 342 g/mol. The first-order valence-corrected chi connectivity index (χ1v) is 7.89. The number of nitrogens with two attached hydrogens (primary N) is 1. The standard InChI is InChI=1S/C15H20N2O2.C2H3N3.ClH/c1-11(2)10-13-14(12-6-4-3-5-7-12)19-17-15(13)18-9-8-16;1-2-4-5-3-1;/h3-7,11H,8-10,16H2,1-2H3;1-2H,(H,3,4,5);1H. The second kappa shape index (κ2) is 11.2. The maximum atomic E-state index is 5.56. The van der Waals surface area contributed by atoms with Gasteiger partial charge in [0.05, 0.1) is 11.8 Å². The zero-order valence-corrected chi connectivity index (χ0v) is 15.2. The Labute approximate surface area is 153 Å². The minimum atomic E-state index is 0. The number of rotatable bonds is 6. The average molecular weight is 366 g/mol. The topological polar surface area (TPSA) is 103 Å². The van der Waals surface area contributed by atoms with Gasteiger partial charge in [-0.2, -0.15) is 0 Å². The summed E-state index contributed by atoms with van der Waals surface area (Å²) >= 11 is 0. The van der Waals surface area contributed by atoms with Crippen LogP contribution in [0.25, 0.3) is 11.3 Å². The molecule has 0 unspecified atom stereocenters. The summed E-state index contributed by atoms with van der Waals surface area (Å²) in [5.74, 6) is 1.86. The summed E-state index contributed by atoms with van der Waals surface area (Å²) < 4.78 is 11.0. The second-order valence-electron chi connectivity index (χ2n) is 5.56. The maximum absolute atomic E-state index is 5.56. The Bertz CT molecular complexity index is 669. The quantitative estimate of drug-likeness (QED) is 0.695. The molecule has 0 saturated carbocycles. The van der Waals surface area contributed by atoms with Crippen LogP contribution in [0.3, 0.4) is 0 Å². The highest BCUT2D eigenvalue weighted by Crippen LogP contribution is 2.32. The van der Waals surface area contributed by atoms with Gasteiger partial charge in [0.25, 0.3) is 5.88 Å². The van der Waals surface area contributed by atoms with Crippen LogP contribution < -0.4 is 10.5 Å². The van der Waals surface area contributed by atoms with Gasteiger partial charge in [-0.3, -0.25) is 5.10 Å². The van der Waals surface area contributed by atoms with Gasteiger partial charge in [0.1, 0.15) is 6.61 Å². The number of aromatic amines is 1. The van der Waals surface area contributed by atoms with Crippen LogP contribution in [0.5, 0.6) is 5.88 Å². The third-order valence-corrected chi connectivity index (χ3v) is 3.09. The van der Waals surface area contributed by atoms with Gasteiger partial charge in [-0.1, -0.05) is 49.4 Å². The van der Waals surface area contributed by atoms with E-state index in [2.05, 4.69) is 34.4 Å². The minimum absolute atomic E-state index is 0. The van der Waals surface area contributed by atoms with Gasteiger partial charge in [0, 0.05) is 18.3 Å². The Balaban J connectivity index is 0.000000448. The van der Waals surface area contributed by atoms with Crippen molar-refractivity contribution in [2.45, 2.75) is 20.3 Å². The highest BCUT2D eigenvalue weighted by molar-refractivity contribution is 5.85. The van der Waals surface area contributed by atoms with Crippen LogP contribution in [0, 0.1) is 5.92 Å². The van der Waals surface area contributed by atoms with Crippen molar-refractivity contribution in [1.29, 1.82) is 0 Å². The lowest BCUT2D eigenvalue weighted by atomic mass is 10.0. The highest BCUT2D eigenvalue weighted by atomic mass is 35.5. The molecule has 1 aromatic carbocycles. The first kappa shape index (κ1) is 20.7. The van der Waals surface area contributed by atoms with Crippen molar-refractivity contribution < 1.29 is 9.26 Å². The minimum Gasteiger partial charge on any atom is -0.474 e. The fourth-order valence-corrected chi connectivity index (χ4v) is 2.13. The Morgan fingerprint density at radius 2 is 2.00 bits per heavy atom. The molecular formula is C17H24ClN5O2. The summed E-state index contributed by atoms with van der Waals surface area (Å²) in [7, 11) is 0. The average Bonchev–Trinajstić information content (AvgIpc) is 3.27. The summed E-state index contributed by atoms with van der Waals surface area (Å²) in [6.07, 6.45) is 4.10. The normalized spacial score (nSPS) is 9.92. The lowest BCUT2D eigenvalue weighted by Crippen LogP contribution is -2.11. The first-order valence-electron chi connectivity index (χ1n) is 7.89. The first-order chi connectivity index (χ1) is 11.7. The zero-order chi connectivity index (χ0) is 17.2. The van der Waals surface area contributed by atoms with E-state index in [0.29, 0.717) is 24.9 Å². The molecule has 25 heavy (non-hydrogen) atoms. The third kappa shape index (κ3) is 6.56. The molecule has 0 saturated heterocycles. The van der Waals surface area contributed by atoms with Crippen LogP contribution >= 0.6 is 12.4 Å². The van der Waals surface area contributed by atoms with Gasteiger partial charge in [0.2, 0.25) is 0 Å². The smallest absolute Gasteiger partial charge is 0.258 e. The number of H-pyrrole nitrogens is 1. The van der Waals surface area contributed by atoms with Crippen LogP contribution in [0.1, 0.15) is 19.4 Å². The summed E-state index contributed by atoms with van der Waals surface area (Å²) in [5.41, 5.74) is 7.51. The van der Waals surface area contributed by atoms with Gasteiger partial charge < -0.3 is 15.0 Å². The molecule has 2 heterocycles. The summed E-state index contributed by atoms with van der Waals surface area (Å²) in [6.45, 7) is 5.24. The molecule has 3 rings (SSSR count). The van der Waals surface area contributed by atoms with Crippen LogP contribution in [-0.4, -0.2) is 33.7 Å². The van der Waals surface area contributed by atoms with Crippen LogP contribution in [0.15, 0.2) is 47.2 Å². The molecule has 0 radical (unpaired) electrons. The van der Waals surface area contributed by atoms with E-state index >= 15 is 0 Å². The van der Waals surface area contributed by atoms with E-state index in [1.807, 2.05) is 30.3 Å². The number of aromatic nitrogens is 4. The molecule has 0 atom stereocenters. The molecule has 0 aliphatic carbocycles. The van der Waals surface area contributed by atoms with Crippen LogP contribution in [0.2, 0.25) is 0 Å². The molecule has 3 aromatic rings.